The van der Waals surface area contributed by atoms with Gasteiger partial charge in [0.25, 0.3) is 0 Å². The van der Waals surface area contributed by atoms with Gasteiger partial charge in [0.05, 0.1) is 6.54 Å². The van der Waals surface area contributed by atoms with Gasteiger partial charge < -0.3 is 10.4 Å². The second-order valence-electron chi connectivity index (χ2n) is 4.14. The largest absolute Gasteiger partial charge is 0.480 e. The number of carbonyl (C=O) groups excluding carboxylic acids is 1. The van der Waals surface area contributed by atoms with Gasteiger partial charge in [-0.05, 0) is 26.1 Å². The fraction of sp³-hybridized carbons (Fsp3) is 0.333. The number of carbonyl (C=O) groups is 2. The number of nitrogens with zero attached hydrogens (tertiary/aromatic N) is 1. The van der Waals surface area contributed by atoms with Crippen LogP contribution >= 0.6 is 0 Å². The molecule has 0 heterocycles. The molecule has 1 aromatic carbocycles. The molecule has 1 aromatic rings. The van der Waals surface area contributed by atoms with Gasteiger partial charge in [-0.3, -0.25) is 14.5 Å². The average molecular weight is 272 g/mol. The molecule has 19 heavy (non-hydrogen) atoms. The lowest BCUT2D eigenvalue weighted by Crippen LogP contribution is -2.40. The summed E-state index contributed by atoms with van der Waals surface area (Å²) in [6.45, 7) is 1.23. The zero-order valence-corrected chi connectivity index (χ0v) is 10.5. The van der Waals surface area contributed by atoms with Crippen LogP contribution in [0.5, 0.6) is 0 Å². The van der Waals surface area contributed by atoms with E-state index in [4.69, 9.17) is 5.11 Å². The van der Waals surface area contributed by atoms with Crippen LogP contribution in [0.4, 0.5) is 14.5 Å². The minimum absolute atomic E-state index is 0.0149. The smallest absolute Gasteiger partial charge is 0.320 e. The highest BCUT2D eigenvalue weighted by atomic mass is 19.1. The van der Waals surface area contributed by atoms with Gasteiger partial charge in [-0.2, -0.15) is 0 Å². The molecule has 1 rings (SSSR count). The topological polar surface area (TPSA) is 69.6 Å². The van der Waals surface area contributed by atoms with Crippen LogP contribution in [0, 0.1) is 11.6 Å². The van der Waals surface area contributed by atoms with Gasteiger partial charge >= 0.3 is 5.97 Å². The number of benzene rings is 1. The molecule has 0 saturated carbocycles. The highest BCUT2D eigenvalue weighted by Gasteiger charge is 2.19. The van der Waals surface area contributed by atoms with Crippen LogP contribution in [-0.2, 0) is 9.59 Å². The number of aliphatic carboxylic acids is 1. The fourth-order valence-corrected chi connectivity index (χ4v) is 1.38. The Hall–Kier alpha value is -2.02. The molecular weight excluding hydrogens is 258 g/mol. The number of nitrogens with one attached hydrogen (secondary N) is 1. The molecule has 0 aliphatic rings. The Morgan fingerprint density at radius 2 is 1.84 bits per heavy atom. The predicted octanol–water partition coefficient (Wildman–Crippen LogP) is 1.31. The van der Waals surface area contributed by atoms with E-state index in [1.54, 1.807) is 0 Å². The molecule has 7 heteroatoms. The Morgan fingerprint density at radius 1 is 1.32 bits per heavy atom. The molecule has 0 radical (unpaired) electrons. The first-order valence-corrected chi connectivity index (χ1v) is 5.48. The van der Waals surface area contributed by atoms with Crippen molar-refractivity contribution in [2.45, 2.75) is 13.0 Å². The van der Waals surface area contributed by atoms with E-state index in [1.807, 2.05) is 0 Å². The summed E-state index contributed by atoms with van der Waals surface area (Å²) >= 11 is 0. The van der Waals surface area contributed by atoms with E-state index in [-0.39, 0.29) is 12.2 Å². The highest BCUT2D eigenvalue weighted by Crippen LogP contribution is 2.12. The van der Waals surface area contributed by atoms with Crippen LogP contribution in [0.25, 0.3) is 0 Å². The van der Waals surface area contributed by atoms with Crippen LogP contribution < -0.4 is 5.32 Å². The number of carboxylic acids is 1. The zero-order valence-electron chi connectivity index (χ0n) is 10.5. The van der Waals surface area contributed by atoms with Gasteiger partial charge in [0.1, 0.15) is 17.7 Å². The van der Waals surface area contributed by atoms with Crippen LogP contribution in [0.15, 0.2) is 18.2 Å². The van der Waals surface area contributed by atoms with Crippen LogP contribution in [0.1, 0.15) is 6.92 Å². The summed E-state index contributed by atoms with van der Waals surface area (Å²) in [6, 6.07) is 1.80. The molecule has 0 saturated heterocycles. The predicted molar refractivity (Wildman–Crippen MR) is 64.7 cm³/mol. The second kappa shape index (κ2) is 6.24. The van der Waals surface area contributed by atoms with Gasteiger partial charge in [0, 0.05) is 11.8 Å². The van der Waals surface area contributed by atoms with Gasteiger partial charge in [0.15, 0.2) is 0 Å². The van der Waals surface area contributed by atoms with E-state index in [2.05, 4.69) is 5.32 Å². The molecule has 104 valence electrons. The van der Waals surface area contributed by atoms with Gasteiger partial charge in [0.2, 0.25) is 5.91 Å². The van der Waals surface area contributed by atoms with Crippen molar-refractivity contribution in [2.75, 3.05) is 18.9 Å². The summed E-state index contributed by atoms with van der Waals surface area (Å²) in [4.78, 5) is 23.6. The van der Waals surface area contributed by atoms with Crippen molar-refractivity contribution < 1.29 is 23.5 Å². The highest BCUT2D eigenvalue weighted by molar-refractivity contribution is 5.92. The third kappa shape index (κ3) is 4.63. The normalized spacial score (nSPS) is 12.3. The third-order valence-electron chi connectivity index (χ3n) is 2.56. The van der Waals surface area contributed by atoms with Crippen molar-refractivity contribution in [3.8, 4) is 0 Å². The van der Waals surface area contributed by atoms with E-state index in [0.717, 1.165) is 12.1 Å². The van der Waals surface area contributed by atoms with E-state index in [1.165, 1.54) is 18.9 Å². The monoisotopic (exact) mass is 272 g/mol. The lowest BCUT2D eigenvalue weighted by molar-refractivity contribution is -0.142. The Bertz CT molecular complexity index is 474. The SMILES string of the molecule is CC(C(=O)O)N(C)CC(=O)Nc1cc(F)cc(F)c1. The maximum absolute atomic E-state index is 12.9. The Balaban J connectivity index is 2.62. The molecule has 1 unspecified atom stereocenters. The maximum atomic E-state index is 12.9. The molecule has 0 bridgehead atoms. The molecule has 0 spiro atoms. The third-order valence-corrected chi connectivity index (χ3v) is 2.56. The van der Waals surface area contributed by atoms with Crippen molar-refractivity contribution in [1.82, 2.24) is 4.90 Å². The number of anilines is 1. The minimum atomic E-state index is -1.06. The van der Waals surface area contributed by atoms with Crippen LogP contribution in [0.3, 0.4) is 0 Å². The van der Waals surface area contributed by atoms with E-state index in [0.29, 0.717) is 6.07 Å². The number of rotatable bonds is 5. The maximum Gasteiger partial charge on any atom is 0.320 e. The first-order valence-electron chi connectivity index (χ1n) is 5.48. The van der Waals surface area contributed by atoms with Gasteiger partial charge in [-0.15, -0.1) is 0 Å². The molecule has 1 atom stereocenters. The standard InChI is InChI=1S/C12H14F2N2O3/c1-7(12(18)19)16(2)6-11(17)15-10-4-8(13)3-9(14)5-10/h3-5,7H,6H2,1-2H3,(H,15,17)(H,18,19). The van der Waals surface area contributed by atoms with E-state index < -0.39 is 29.6 Å². The number of hydrogen-bond donors (Lipinski definition) is 2. The van der Waals surface area contributed by atoms with Crippen molar-refractivity contribution in [2.24, 2.45) is 0 Å². The number of hydrogen-bond acceptors (Lipinski definition) is 3. The summed E-state index contributed by atoms with van der Waals surface area (Å²) in [5.74, 6) is -3.22. The number of amides is 1. The summed E-state index contributed by atoms with van der Waals surface area (Å²) < 4.78 is 25.8. The summed E-state index contributed by atoms with van der Waals surface area (Å²) in [7, 11) is 1.46. The van der Waals surface area contributed by atoms with Crippen LogP contribution in [-0.4, -0.2) is 41.5 Å². The summed E-state index contributed by atoms with van der Waals surface area (Å²) in [5.41, 5.74) is -0.0149. The summed E-state index contributed by atoms with van der Waals surface area (Å²) in [5, 5.41) is 11.1. The fourth-order valence-electron chi connectivity index (χ4n) is 1.38. The first-order chi connectivity index (χ1) is 8.79. The lowest BCUT2D eigenvalue weighted by Gasteiger charge is -2.20. The summed E-state index contributed by atoms with van der Waals surface area (Å²) in [6.07, 6.45) is 0. The van der Waals surface area contributed by atoms with Gasteiger partial charge in [-0.25, -0.2) is 8.78 Å². The second-order valence-corrected chi connectivity index (χ2v) is 4.14. The van der Waals surface area contributed by atoms with Crippen molar-refractivity contribution in [3.63, 3.8) is 0 Å². The number of likely N-dealkylation sites (N-methyl/N-ethyl adjacent to an activating group) is 1. The molecular formula is C12H14F2N2O3. The van der Waals surface area contributed by atoms with Crippen LogP contribution in [0.2, 0.25) is 0 Å². The van der Waals surface area contributed by atoms with E-state index >= 15 is 0 Å². The lowest BCUT2D eigenvalue weighted by atomic mass is 10.3. The Kier molecular flexibility index (Phi) is 4.94. The Morgan fingerprint density at radius 3 is 2.32 bits per heavy atom. The quantitative estimate of drug-likeness (QED) is 0.848. The van der Waals surface area contributed by atoms with Gasteiger partial charge in [-0.1, -0.05) is 0 Å². The molecule has 0 aromatic heterocycles. The Labute approximate surface area is 108 Å². The van der Waals surface area contributed by atoms with Crippen molar-refractivity contribution in [1.29, 1.82) is 0 Å². The molecule has 0 fully saturated rings. The first kappa shape index (κ1) is 15.0. The van der Waals surface area contributed by atoms with Crippen molar-refractivity contribution in [3.05, 3.63) is 29.8 Å². The zero-order chi connectivity index (χ0) is 14.6. The molecule has 0 aliphatic heterocycles. The minimum Gasteiger partial charge on any atom is -0.480 e. The number of halogens is 2. The molecule has 5 nitrogen and oxygen atoms in total. The molecule has 2 N–H and O–H groups in total. The van der Waals surface area contributed by atoms with Crippen molar-refractivity contribution >= 4 is 17.6 Å². The molecule has 0 aliphatic carbocycles. The molecule has 1 amide bonds. The average Bonchev–Trinajstić information content (AvgIpc) is 2.25. The number of carboxylic acid groups (broad SMARTS) is 1. The van der Waals surface area contributed by atoms with E-state index in [9.17, 15) is 18.4 Å².